The van der Waals surface area contributed by atoms with Crippen molar-refractivity contribution < 1.29 is 23.9 Å². The Morgan fingerprint density at radius 2 is 0.917 bits per heavy atom. The SMILES string of the molecule is CC1=C(C)C(C)(C)[C]([Ti][C]2=C(C)C(C)=C(C)C2(C)C)=C1C.CC=O. The van der Waals surface area contributed by atoms with Crippen LogP contribution in [-0.2, 0) is 23.9 Å². The smallest absolute Gasteiger partial charge is 0.116 e. The fraction of sp³-hybridized carbons (Fsp3) is 0.591. The standard InChI is InChI=1S/2C10H15.C2H4O.Ti/c2*1-7-6-10(4,5)9(3)8(7)2;1-2-3;/h2*1-5H3;2H,1H3;. The van der Waals surface area contributed by atoms with Gasteiger partial charge in [0.25, 0.3) is 0 Å². The van der Waals surface area contributed by atoms with E-state index in [1.165, 1.54) is 18.1 Å². The molecule has 0 bridgehead atoms. The normalized spacial score (nSPS) is 22.1. The Morgan fingerprint density at radius 3 is 1.08 bits per heavy atom. The molecule has 2 heteroatoms. The summed E-state index contributed by atoms with van der Waals surface area (Å²) >= 11 is -0.239. The first-order valence-electron chi connectivity index (χ1n) is 8.81. The molecule has 1 nitrogen and oxygen atoms in total. The predicted octanol–water partition coefficient (Wildman–Crippen LogP) is 6.57. The van der Waals surface area contributed by atoms with Crippen LogP contribution in [0.15, 0.2) is 41.2 Å². The summed E-state index contributed by atoms with van der Waals surface area (Å²) in [5.41, 5.74) is 9.92. The van der Waals surface area contributed by atoms with Crippen molar-refractivity contribution in [1.29, 1.82) is 0 Å². The fourth-order valence-corrected chi connectivity index (χ4v) is 6.94. The first-order chi connectivity index (χ1) is 10.8. The van der Waals surface area contributed by atoms with Crippen molar-refractivity contribution in [1.82, 2.24) is 0 Å². The zero-order chi connectivity index (χ0) is 19.0. The molecule has 0 radical (unpaired) electrons. The van der Waals surface area contributed by atoms with Gasteiger partial charge < -0.3 is 4.79 Å². The molecule has 132 valence electrons. The Kier molecular flexibility index (Phi) is 6.50. The van der Waals surface area contributed by atoms with E-state index in [1.54, 1.807) is 30.0 Å². The predicted molar refractivity (Wildman–Crippen MR) is 101 cm³/mol. The molecule has 0 heterocycles. The van der Waals surface area contributed by atoms with E-state index in [2.05, 4.69) is 69.2 Å². The molecule has 0 spiro atoms. The van der Waals surface area contributed by atoms with E-state index in [0.29, 0.717) is 0 Å². The summed E-state index contributed by atoms with van der Waals surface area (Å²) in [5, 5.41) is 0. The molecule has 0 atom stereocenters. The second-order valence-corrected chi connectivity index (χ2v) is 10.1. The summed E-state index contributed by atoms with van der Waals surface area (Å²) in [7, 11) is 0. The van der Waals surface area contributed by atoms with Gasteiger partial charge in [0.05, 0.1) is 0 Å². The maximum Gasteiger partial charge on any atom is 0.116 e. The van der Waals surface area contributed by atoms with Gasteiger partial charge in [0.2, 0.25) is 0 Å². The third kappa shape index (κ3) is 3.35. The van der Waals surface area contributed by atoms with Gasteiger partial charge in [0.1, 0.15) is 6.29 Å². The Bertz CT molecular complexity index is 623. The van der Waals surface area contributed by atoms with Crippen LogP contribution in [0.2, 0.25) is 0 Å². The first-order valence-corrected chi connectivity index (χ1v) is 10.4. The zero-order valence-corrected chi connectivity index (χ0v) is 19.0. The van der Waals surface area contributed by atoms with Gasteiger partial charge in [-0.2, -0.15) is 0 Å². The van der Waals surface area contributed by atoms with Crippen molar-refractivity contribution in [2.24, 2.45) is 10.8 Å². The Labute approximate surface area is 158 Å². The summed E-state index contributed by atoms with van der Waals surface area (Å²) in [4.78, 5) is 8.81. The second-order valence-electron chi connectivity index (χ2n) is 8.11. The van der Waals surface area contributed by atoms with Gasteiger partial charge in [-0.15, -0.1) is 0 Å². The molecule has 0 aromatic heterocycles. The number of carbonyl (C=O) groups is 1. The van der Waals surface area contributed by atoms with E-state index in [1.807, 2.05) is 0 Å². The summed E-state index contributed by atoms with van der Waals surface area (Å²) < 4.78 is 3.50. The van der Waals surface area contributed by atoms with Crippen molar-refractivity contribution in [2.45, 2.75) is 76.2 Å². The van der Waals surface area contributed by atoms with Crippen molar-refractivity contribution >= 4 is 6.29 Å². The van der Waals surface area contributed by atoms with Crippen LogP contribution >= 0.6 is 0 Å². The van der Waals surface area contributed by atoms with Crippen molar-refractivity contribution in [3.63, 3.8) is 0 Å². The minimum atomic E-state index is -0.239. The average Bonchev–Trinajstić information content (AvgIpc) is 2.73. The van der Waals surface area contributed by atoms with E-state index in [9.17, 15) is 0 Å². The van der Waals surface area contributed by atoms with E-state index in [4.69, 9.17) is 4.79 Å². The molecule has 0 unspecified atom stereocenters. The van der Waals surface area contributed by atoms with Gasteiger partial charge in [0.15, 0.2) is 0 Å². The van der Waals surface area contributed by atoms with Crippen LogP contribution in [0.1, 0.15) is 76.2 Å². The van der Waals surface area contributed by atoms with Crippen LogP contribution in [0, 0.1) is 10.8 Å². The molecule has 0 fully saturated rings. The van der Waals surface area contributed by atoms with E-state index < -0.39 is 0 Å². The van der Waals surface area contributed by atoms with Crippen LogP contribution in [0.25, 0.3) is 0 Å². The van der Waals surface area contributed by atoms with Crippen molar-refractivity contribution in [2.75, 3.05) is 0 Å². The Hall–Kier alpha value is -0.656. The molecule has 2 rings (SSSR count). The summed E-state index contributed by atoms with van der Waals surface area (Å²) in [6.07, 6.45) is 0.750. The van der Waals surface area contributed by atoms with Crippen molar-refractivity contribution in [3.8, 4) is 0 Å². The molecule has 24 heavy (non-hydrogen) atoms. The largest absolute Gasteiger partial charge is 0.304 e. The second kappa shape index (κ2) is 7.30. The number of aldehydes is 1. The molecule has 0 aliphatic heterocycles. The molecule has 2 aliphatic rings. The molecule has 2 aliphatic carbocycles. The minimum absolute atomic E-state index is 0.239. The molecule has 0 saturated heterocycles. The number of hydrogen-bond donors (Lipinski definition) is 0. The van der Waals surface area contributed by atoms with Crippen LogP contribution in [0.4, 0.5) is 0 Å². The molecule has 0 aromatic rings. The van der Waals surface area contributed by atoms with E-state index >= 15 is 0 Å². The minimum Gasteiger partial charge on any atom is -0.304 e. The van der Waals surface area contributed by atoms with Gasteiger partial charge >= 0.3 is 140 Å². The molecule has 0 aromatic carbocycles. The summed E-state index contributed by atoms with van der Waals surface area (Å²) in [5.74, 6) is 0. The van der Waals surface area contributed by atoms with Crippen LogP contribution < -0.4 is 0 Å². The molecular weight excluding hydrogens is 328 g/mol. The van der Waals surface area contributed by atoms with Gasteiger partial charge in [-0.1, -0.05) is 0 Å². The van der Waals surface area contributed by atoms with E-state index in [0.717, 1.165) is 6.29 Å². The number of allylic oxidation sites excluding steroid dienone is 8. The van der Waals surface area contributed by atoms with Gasteiger partial charge in [-0.3, -0.25) is 0 Å². The fourth-order valence-electron chi connectivity index (χ4n) is 3.81. The van der Waals surface area contributed by atoms with Gasteiger partial charge in [0, 0.05) is 0 Å². The zero-order valence-electron chi connectivity index (χ0n) is 17.5. The molecule has 0 N–H and O–H groups in total. The van der Waals surface area contributed by atoms with Gasteiger partial charge in [-0.05, 0) is 6.92 Å². The molecule has 0 amide bonds. The number of hydrogen-bond acceptors (Lipinski definition) is 1. The average molecular weight is 362 g/mol. The Balaban J connectivity index is 0.000000891. The third-order valence-electron chi connectivity index (χ3n) is 6.38. The van der Waals surface area contributed by atoms with Crippen LogP contribution in [0.3, 0.4) is 0 Å². The van der Waals surface area contributed by atoms with E-state index in [-0.39, 0.29) is 30.0 Å². The number of carbonyl (C=O) groups excluding carboxylic acids is 1. The topological polar surface area (TPSA) is 17.1 Å². The summed E-state index contributed by atoms with van der Waals surface area (Å²) in [6, 6.07) is 0. The number of rotatable bonds is 2. The third-order valence-corrected chi connectivity index (χ3v) is 10.3. The van der Waals surface area contributed by atoms with Crippen molar-refractivity contribution in [3.05, 3.63) is 41.2 Å². The van der Waals surface area contributed by atoms with Crippen LogP contribution in [0.5, 0.6) is 0 Å². The quantitative estimate of drug-likeness (QED) is 0.401. The molecular formula is C22H34OTi. The van der Waals surface area contributed by atoms with Crippen LogP contribution in [-0.4, -0.2) is 6.29 Å². The van der Waals surface area contributed by atoms with Gasteiger partial charge in [-0.25, -0.2) is 0 Å². The summed E-state index contributed by atoms with van der Waals surface area (Å²) in [6.45, 7) is 25.1. The Morgan fingerprint density at radius 1 is 0.667 bits per heavy atom. The maximum atomic E-state index is 8.81. The monoisotopic (exact) mass is 362 g/mol. The molecule has 0 saturated carbocycles. The first kappa shape index (κ1) is 21.4. The maximum absolute atomic E-state index is 8.81.